The molecule has 47 heavy (non-hydrogen) atoms. The summed E-state index contributed by atoms with van der Waals surface area (Å²) in [6.07, 6.45) is 0. The van der Waals surface area contributed by atoms with Gasteiger partial charge in [0, 0.05) is 0 Å². The van der Waals surface area contributed by atoms with E-state index in [0.717, 1.165) is 21.5 Å². The topological polar surface area (TPSA) is 40.5 Å². The second kappa shape index (κ2) is 12.2. The summed E-state index contributed by atoms with van der Waals surface area (Å²) >= 11 is 0. The van der Waals surface area contributed by atoms with Crippen molar-refractivity contribution in [3.63, 3.8) is 0 Å². The lowest BCUT2D eigenvalue weighted by atomic mass is 9.74. The molecule has 0 saturated heterocycles. The summed E-state index contributed by atoms with van der Waals surface area (Å²) in [5.41, 5.74) is 5.68. The van der Waals surface area contributed by atoms with Gasteiger partial charge in [0.15, 0.2) is 0 Å². The largest absolute Gasteiger partial charge is 0.489 e. The molecule has 222 valence electrons. The maximum Gasteiger partial charge on any atom is 0.489 e. The molecule has 2 N–H and O–H groups in total. The third-order valence-corrected chi connectivity index (χ3v) is 9.09. The third-order valence-electron chi connectivity index (χ3n) is 9.09. The van der Waals surface area contributed by atoms with Crippen LogP contribution < -0.4 is 5.46 Å². The van der Waals surface area contributed by atoms with E-state index < -0.39 is 7.12 Å². The molecule has 3 heteroatoms. The Morgan fingerprint density at radius 1 is 0.319 bits per heavy atom. The maximum absolute atomic E-state index is 9.58. The zero-order valence-corrected chi connectivity index (χ0v) is 25.7. The number of fused-ring (bicyclic) bond motifs is 5. The zero-order valence-electron chi connectivity index (χ0n) is 25.7. The van der Waals surface area contributed by atoms with Gasteiger partial charge >= 0.3 is 7.12 Å². The highest BCUT2D eigenvalue weighted by Gasteiger charge is 2.18. The molecule has 0 amide bonds. The second-order valence-electron chi connectivity index (χ2n) is 11.9. The number of hydrogen-bond donors (Lipinski definition) is 2. The van der Waals surface area contributed by atoms with Crippen molar-refractivity contribution in [2.75, 3.05) is 0 Å². The van der Waals surface area contributed by atoms with Crippen LogP contribution in [-0.4, -0.2) is 17.2 Å². The summed E-state index contributed by atoms with van der Waals surface area (Å²) in [5.74, 6) is 0. The molecule has 0 spiro atoms. The molecule has 0 saturated carbocycles. The Kier molecular flexibility index (Phi) is 7.47. The molecule has 0 aliphatic rings. The van der Waals surface area contributed by atoms with Crippen LogP contribution in [0.4, 0.5) is 0 Å². The molecule has 0 bridgehead atoms. The van der Waals surface area contributed by atoms with E-state index >= 15 is 0 Å². The molecule has 2 nitrogen and oxygen atoms in total. The van der Waals surface area contributed by atoms with Gasteiger partial charge in [-0.2, -0.15) is 0 Å². The van der Waals surface area contributed by atoms with E-state index in [1.807, 2.05) is 48.5 Å². The first kappa shape index (κ1) is 28.7. The quantitative estimate of drug-likeness (QED) is 0.156. The van der Waals surface area contributed by atoms with Crippen molar-refractivity contribution in [2.24, 2.45) is 0 Å². The summed E-state index contributed by atoms with van der Waals surface area (Å²) in [6.45, 7) is 0. The van der Waals surface area contributed by atoms with Crippen molar-refractivity contribution in [3.05, 3.63) is 176 Å². The zero-order chi connectivity index (χ0) is 31.7. The summed E-state index contributed by atoms with van der Waals surface area (Å²) in [4.78, 5) is 0. The van der Waals surface area contributed by atoms with Gasteiger partial charge in [0.05, 0.1) is 0 Å². The van der Waals surface area contributed by atoms with Gasteiger partial charge in [-0.05, 0) is 99.8 Å². The summed E-state index contributed by atoms with van der Waals surface area (Å²) in [5, 5.41) is 30.7. The summed E-state index contributed by atoms with van der Waals surface area (Å²) in [6, 6.07) is 61.4. The van der Waals surface area contributed by atoms with E-state index in [1.54, 1.807) is 0 Å². The molecule has 0 aliphatic carbocycles. The number of rotatable bonds is 3. The van der Waals surface area contributed by atoms with Gasteiger partial charge in [-0.25, -0.2) is 0 Å². The Balaban J connectivity index is 0.000000162. The van der Waals surface area contributed by atoms with Gasteiger partial charge in [0.2, 0.25) is 0 Å². The normalized spacial score (nSPS) is 11.2. The van der Waals surface area contributed by atoms with Gasteiger partial charge in [-0.1, -0.05) is 158 Å². The summed E-state index contributed by atoms with van der Waals surface area (Å²) in [7, 11) is -1.45. The molecule has 0 heterocycles. The predicted molar refractivity (Wildman–Crippen MR) is 201 cm³/mol. The smallest absolute Gasteiger partial charge is 0.423 e. The van der Waals surface area contributed by atoms with Crippen molar-refractivity contribution in [2.45, 2.75) is 0 Å². The molecule has 9 aromatic rings. The van der Waals surface area contributed by atoms with Crippen molar-refractivity contribution >= 4 is 66.4 Å². The molecule has 0 aliphatic heterocycles. The van der Waals surface area contributed by atoms with Crippen LogP contribution >= 0.6 is 0 Å². The van der Waals surface area contributed by atoms with Crippen molar-refractivity contribution in [3.8, 4) is 22.3 Å². The predicted octanol–water partition coefficient (Wildman–Crippen LogP) is 10.2. The minimum Gasteiger partial charge on any atom is -0.423 e. The number of hydrogen-bond acceptors (Lipinski definition) is 2. The highest BCUT2D eigenvalue weighted by Crippen LogP contribution is 2.38. The monoisotopic (exact) mass is 602 g/mol. The maximum atomic E-state index is 9.58. The third kappa shape index (κ3) is 5.32. The van der Waals surface area contributed by atoms with Crippen molar-refractivity contribution in [1.29, 1.82) is 0 Å². The number of benzene rings is 9. The highest BCUT2D eigenvalue weighted by molar-refractivity contribution is 6.65. The molecular weight excluding hydrogens is 571 g/mol. The van der Waals surface area contributed by atoms with Crippen LogP contribution in [0.15, 0.2) is 176 Å². The van der Waals surface area contributed by atoms with Crippen LogP contribution in [-0.2, 0) is 0 Å². The van der Waals surface area contributed by atoms with Crippen LogP contribution in [0.5, 0.6) is 0 Å². The highest BCUT2D eigenvalue weighted by atomic mass is 16.4. The first-order valence-electron chi connectivity index (χ1n) is 15.9. The van der Waals surface area contributed by atoms with E-state index in [9.17, 15) is 10.0 Å². The molecular formula is C44H31BO2. The lowest BCUT2D eigenvalue weighted by Crippen LogP contribution is -2.31. The fourth-order valence-electron chi connectivity index (χ4n) is 6.97. The Labute approximate surface area is 273 Å². The summed E-state index contributed by atoms with van der Waals surface area (Å²) < 4.78 is 0. The molecule has 9 rings (SSSR count). The minimum absolute atomic E-state index is 0.582. The van der Waals surface area contributed by atoms with Crippen LogP contribution in [0.3, 0.4) is 0 Å². The molecule has 0 unspecified atom stereocenters. The van der Waals surface area contributed by atoms with E-state index in [4.69, 9.17) is 0 Å². The van der Waals surface area contributed by atoms with Crippen LogP contribution in [0.25, 0.3) is 76.1 Å². The van der Waals surface area contributed by atoms with Gasteiger partial charge in [-0.3, -0.25) is 0 Å². The molecule has 0 aromatic heterocycles. The Hall–Kier alpha value is -5.74. The average molecular weight is 603 g/mol. The van der Waals surface area contributed by atoms with E-state index in [-0.39, 0.29) is 0 Å². The Morgan fingerprint density at radius 3 is 1.28 bits per heavy atom. The van der Waals surface area contributed by atoms with Gasteiger partial charge in [0.1, 0.15) is 0 Å². The van der Waals surface area contributed by atoms with E-state index in [0.29, 0.717) is 5.46 Å². The second-order valence-corrected chi connectivity index (χ2v) is 11.9. The molecule has 0 atom stereocenters. The molecule has 0 radical (unpaired) electrons. The van der Waals surface area contributed by atoms with Gasteiger partial charge in [-0.15, -0.1) is 0 Å². The van der Waals surface area contributed by atoms with Gasteiger partial charge < -0.3 is 10.0 Å². The van der Waals surface area contributed by atoms with Crippen molar-refractivity contribution < 1.29 is 10.0 Å². The Morgan fingerprint density at radius 2 is 0.723 bits per heavy atom. The Bertz CT molecular complexity index is 2460. The van der Waals surface area contributed by atoms with Crippen LogP contribution in [0.2, 0.25) is 0 Å². The fourth-order valence-corrected chi connectivity index (χ4v) is 6.97. The van der Waals surface area contributed by atoms with Crippen LogP contribution in [0.1, 0.15) is 0 Å². The van der Waals surface area contributed by atoms with Gasteiger partial charge in [0.25, 0.3) is 0 Å². The first-order valence-corrected chi connectivity index (χ1v) is 15.9. The van der Waals surface area contributed by atoms with E-state index in [1.165, 1.54) is 54.6 Å². The molecule has 9 aromatic carbocycles. The average Bonchev–Trinajstić information content (AvgIpc) is 3.12. The van der Waals surface area contributed by atoms with Crippen LogP contribution in [0, 0.1) is 0 Å². The fraction of sp³-hybridized carbons (Fsp3) is 0. The SMILES string of the molecule is OB(O)c1c2ccccc2cc2ccccc12.c1cc(-c2cccc3ccccc23)cc(-c2c3ccccc3cc3ccccc23)c1. The molecule has 0 fully saturated rings. The lowest BCUT2D eigenvalue weighted by Gasteiger charge is -2.14. The van der Waals surface area contributed by atoms with E-state index in [2.05, 4.69) is 127 Å². The lowest BCUT2D eigenvalue weighted by molar-refractivity contribution is 0.426. The first-order chi connectivity index (χ1) is 23.2. The van der Waals surface area contributed by atoms with Crippen molar-refractivity contribution in [1.82, 2.24) is 0 Å². The minimum atomic E-state index is -1.45. The standard InChI is InChI=1S/C30H20.C14H11BO2/c1-4-15-26-21(9-1)12-8-18-27(26)22-13-7-14-25(20-22)30-28-16-5-2-10-23(28)19-24-11-3-6-17-29(24)30;16-15(17)14-12-7-3-1-5-10(12)9-11-6-2-4-8-13(11)14/h1-20H;1-9,16-17H.